The van der Waals surface area contributed by atoms with Crippen LogP contribution in [0.4, 0.5) is 0 Å². The molecule has 90 valence electrons. The van der Waals surface area contributed by atoms with E-state index in [4.69, 9.17) is 10.2 Å². The summed E-state index contributed by atoms with van der Waals surface area (Å²) in [6.45, 7) is 0.649. The van der Waals surface area contributed by atoms with Crippen molar-refractivity contribution in [3.63, 3.8) is 0 Å². The monoisotopic (exact) mass is 234 g/mol. The number of para-hydroxylation sites is 1. The number of benzene rings is 1. The molecule has 0 radical (unpaired) electrons. The van der Waals surface area contributed by atoms with Gasteiger partial charge in [-0.05, 0) is 6.07 Å². The number of hydrogen-bond donors (Lipinski definition) is 3. The minimum Gasteiger partial charge on any atom is -0.464 e. The Labute approximate surface area is 98.2 Å². The Morgan fingerprint density at radius 1 is 1.47 bits per heavy atom. The van der Waals surface area contributed by atoms with Gasteiger partial charge in [-0.25, -0.2) is 0 Å². The lowest BCUT2D eigenvalue weighted by Gasteiger charge is -2.07. The molecule has 0 saturated carbocycles. The van der Waals surface area contributed by atoms with E-state index in [-0.39, 0.29) is 6.54 Å². The second-order valence-corrected chi connectivity index (χ2v) is 3.81. The number of furan rings is 1. The summed E-state index contributed by atoms with van der Waals surface area (Å²) < 4.78 is 5.36. The van der Waals surface area contributed by atoms with Gasteiger partial charge in [0.1, 0.15) is 11.7 Å². The largest absolute Gasteiger partial charge is 0.464 e. The van der Waals surface area contributed by atoms with E-state index in [2.05, 4.69) is 5.32 Å². The van der Waals surface area contributed by atoms with Crippen molar-refractivity contribution >= 4 is 16.9 Å². The van der Waals surface area contributed by atoms with Crippen molar-refractivity contribution in [3.8, 4) is 0 Å². The van der Waals surface area contributed by atoms with Gasteiger partial charge in [-0.1, -0.05) is 18.2 Å². The molecule has 2 aromatic rings. The first kappa shape index (κ1) is 11.6. The highest BCUT2D eigenvalue weighted by atomic mass is 16.3. The zero-order chi connectivity index (χ0) is 12.3. The van der Waals surface area contributed by atoms with E-state index < -0.39 is 12.0 Å². The summed E-state index contributed by atoms with van der Waals surface area (Å²) >= 11 is 0. The van der Waals surface area contributed by atoms with Crippen molar-refractivity contribution in [3.05, 3.63) is 36.1 Å². The van der Waals surface area contributed by atoms with E-state index in [1.54, 1.807) is 6.26 Å². The van der Waals surface area contributed by atoms with Crippen LogP contribution in [0.2, 0.25) is 0 Å². The quantitative estimate of drug-likeness (QED) is 0.697. The molecule has 1 heterocycles. The Morgan fingerprint density at radius 2 is 2.24 bits per heavy atom. The lowest BCUT2D eigenvalue weighted by molar-refractivity contribution is -0.125. The topological polar surface area (TPSA) is 88.5 Å². The molecule has 0 aliphatic rings. The molecule has 1 aromatic heterocycles. The second kappa shape index (κ2) is 4.99. The Kier molecular flexibility index (Phi) is 3.41. The fourth-order valence-corrected chi connectivity index (χ4v) is 1.61. The van der Waals surface area contributed by atoms with Gasteiger partial charge >= 0.3 is 0 Å². The first-order valence-electron chi connectivity index (χ1n) is 5.31. The molecule has 0 aliphatic carbocycles. The highest BCUT2D eigenvalue weighted by Gasteiger charge is 2.10. The first-order valence-corrected chi connectivity index (χ1v) is 5.31. The van der Waals surface area contributed by atoms with E-state index in [9.17, 15) is 9.90 Å². The van der Waals surface area contributed by atoms with Crippen LogP contribution in [0.3, 0.4) is 0 Å². The molecule has 1 atom stereocenters. The standard InChI is InChI=1S/C12H14N2O3/c13-12(16)10(15)6-14-5-8-7-17-11-4-2-1-3-9(8)11/h1-4,7,10,14-15H,5-6H2,(H2,13,16). The Morgan fingerprint density at radius 3 is 3.00 bits per heavy atom. The molecular weight excluding hydrogens is 220 g/mol. The van der Waals surface area contributed by atoms with E-state index in [0.29, 0.717) is 6.54 Å². The molecule has 1 unspecified atom stereocenters. The predicted octanol–water partition coefficient (Wildman–Crippen LogP) is 0.369. The van der Waals surface area contributed by atoms with E-state index >= 15 is 0 Å². The van der Waals surface area contributed by atoms with Crippen LogP contribution in [-0.4, -0.2) is 23.7 Å². The minimum atomic E-state index is -1.16. The summed E-state index contributed by atoms with van der Waals surface area (Å²) in [7, 11) is 0. The average molecular weight is 234 g/mol. The maximum absolute atomic E-state index is 10.6. The molecule has 1 amide bonds. The lowest BCUT2D eigenvalue weighted by atomic mass is 10.2. The molecule has 0 bridgehead atoms. The number of nitrogens with one attached hydrogen (secondary N) is 1. The fourth-order valence-electron chi connectivity index (χ4n) is 1.61. The van der Waals surface area contributed by atoms with Crippen molar-refractivity contribution in [1.29, 1.82) is 0 Å². The van der Waals surface area contributed by atoms with Crippen molar-refractivity contribution in [2.45, 2.75) is 12.6 Å². The number of rotatable bonds is 5. The number of amides is 1. The molecular formula is C12H14N2O3. The Bertz CT molecular complexity index is 521. The highest BCUT2D eigenvalue weighted by Crippen LogP contribution is 2.20. The van der Waals surface area contributed by atoms with Crippen LogP contribution in [0.25, 0.3) is 11.0 Å². The third kappa shape index (κ3) is 2.64. The zero-order valence-corrected chi connectivity index (χ0v) is 9.22. The summed E-state index contributed by atoms with van der Waals surface area (Å²) in [4.78, 5) is 10.6. The third-order valence-corrected chi connectivity index (χ3v) is 2.54. The van der Waals surface area contributed by atoms with Crippen molar-refractivity contribution in [2.75, 3.05) is 6.54 Å². The first-order chi connectivity index (χ1) is 8.18. The van der Waals surface area contributed by atoms with Crippen LogP contribution in [0.1, 0.15) is 5.56 Å². The van der Waals surface area contributed by atoms with Gasteiger partial charge in [-0.3, -0.25) is 4.79 Å². The number of primary amides is 1. The SMILES string of the molecule is NC(=O)C(O)CNCc1coc2ccccc12. The van der Waals surface area contributed by atoms with Gasteiger partial charge in [0, 0.05) is 24.0 Å². The normalized spacial score (nSPS) is 12.8. The third-order valence-electron chi connectivity index (χ3n) is 2.54. The summed E-state index contributed by atoms with van der Waals surface area (Å²) in [5.74, 6) is -0.727. The molecule has 4 N–H and O–H groups in total. The van der Waals surface area contributed by atoms with Gasteiger partial charge < -0.3 is 20.6 Å². The average Bonchev–Trinajstić information content (AvgIpc) is 2.72. The summed E-state index contributed by atoms with van der Waals surface area (Å²) in [5.41, 5.74) is 6.74. The molecule has 5 nitrogen and oxygen atoms in total. The Balaban J connectivity index is 1.98. The van der Waals surface area contributed by atoms with Crippen LogP contribution in [0.5, 0.6) is 0 Å². The van der Waals surface area contributed by atoms with Crippen molar-refractivity contribution in [1.82, 2.24) is 5.32 Å². The van der Waals surface area contributed by atoms with Crippen LogP contribution in [0.15, 0.2) is 34.9 Å². The smallest absolute Gasteiger partial charge is 0.247 e. The van der Waals surface area contributed by atoms with Gasteiger partial charge in [-0.15, -0.1) is 0 Å². The number of carbonyl (C=O) groups excluding carboxylic acids is 1. The van der Waals surface area contributed by atoms with Gasteiger partial charge in [-0.2, -0.15) is 0 Å². The van der Waals surface area contributed by atoms with Gasteiger partial charge in [0.05, 0.1) is 6.26 Å². The molecule has 0 spiro atoms. The molecule has 0 aliphatic heterocycles. The number of carbonyl (C=O) groups is 1. The molecule has 0 saturated heterocycles. The summed E-state index contributed by atoms with van der Waals surface area (Å²) in [5, 5.41) is 13.2. The number of aliphatic hydroxyl groups excluding tert-OH is 1. The van der Waals surface area contributed by atoms with Gasteiger partial charge in [0.25, 0.3) is 0 Å². The summed E-state index contributed by atoms with van der Waals surface area (Å²) in [6.07, 6.45) is 0.502. The van der Waals surface area contributed by atoms with Crippen molar-refractivity contribution in [2.24, 2.45) is 5.73 Å². The number of fused-ring (bicyclic) bond motifs is 1. The summed E-state index contributed by atoms with van der Waals surface area (Å²) in [6, 6.07) is 7.68. The van der Waals surface area contributed by atoms with Gasteiger partial charge in [0.15, 0.2) is 0 Å². The van der Waals surface area contributed by atoms with E-state index in [1.165, 1.54) is 0 Å². The minimum absolute atomic E-state index is 0.134. The molecule has 0 fully saturated rings. The van der Waals surface area contributed by atoms with Crippen LogP contribution < -0.4 is 11.1 Å². The lowest BCUT2D eigenvalue weighted by Crippen LogP contribution is -2.37. The van der Waals surface area contributed by atoms with Crippen molar-refractivity contribution < 1.29 is 14.3 Å². The molecule has 17 heavy (non-hydrogen) atoms. The van der Waals surface area contributed by atoms with E-state index in [0.717, 1.165) is 16.5 Å². The number of hydrogen-bond acceptors (Lipinski definition) is 4. The number of aliphatic hydroxyl groups is 1. The number of nitrogens with two attached hydrogens (primary N) is 1. The molecule has 1 aromatic carbocycles. The van der Waals surface area contributed by atoms with Crippen LogP contribution >= 0.6 is 0 Å². The maximum atomic E-state index is 10.6. The zero-order valence-electron chi connectivity index (χ0n) is 9.22. The fraction of sp³-hybridized carbons (Fsp3) is 0.250. The van der Waals surface area contributed by atoms with Gasteiger partial charge in [0.2, 0.25) is 5.91 Å². The van der Waals surface area contributed by atoms with Crippen LogP contribution in [-0.2, 0) is 11.3 Å². The Hall–Kier alpha value is -1.85. The predicted molar refractivity (Wildman–Crippen MR) is 63.1 cm³/mol. The van der Waals surface area contributed by atoms with E-state index in [1.807, 2.05) is 24.3 Å². The van der Waals surface area contributed by atoms with Crippen LogP contribution in [0, 0.1) is 0 Å². The molecule has 2 rings (SSSR count). The second-order valence-electron chi connectivity index (χ2n) is 3.81. The maximum Gasteiger partial charge on any atom is 0.247 e. The molecule has 5 heteroatoms. The highest BCUT2D eigenvalue weighted by molar-refractivity contribution is 5.81.